The van der Waals surface area contributed by atoms with E-state index < -0.39 is 6.03 Å². The molecule has 0 unspecified atom stereocenters. The van der Waals surface area contributed by atoms with Gasteiger partial charge in [0.2, 0.25) is 5.91 Å². The van der Waals surface area contributed by atoms with Gasteiger partial charge in [-0.25, -0.2) is 14.0 Å². The predicted molar refractivity (Wildman–Crippen MR) is 113 cm³/mol. The fourth-order valence-electron chi connectivity index (χ4n) is 3.21. The number of nitrogens with zero attached hydrogens (tertiary/aromatic N) is 1. The van der Waals surface area contributed by atoms with Gasteiger partial charge in [-0.15, -0.1) is 0 Å². The van der Waals surface area contributed by atoms with E-state index in [4.69, 9.17) is 0 Å². The minimum atomic E-state index is -0.461. The maximum Gasteiger partial charge on any atom is 0.323 e. The first-order chi connectivity index (χ1) is 14.4. The molecule has 8 nitrogen and oxygen atoms in total. The Morgan fingerprint density at radius 3 is 1.80 bits per heavy atom. The van der Waals surface area contributed by atoms with Gasteiger partial charge < -0.3 is 26.2 Å². The highest BCUT2D eigenvalue weighted by molar-refractivity contribution is 6.00. The minimum absolute atomic E-state index is 0.0154. The van der Waals surface area contributed by atoms with Crippen LogP contribution in [-0.2, 0) is 4.79 Å². The van der Waals surface area contributed by atoms with Gasteiger partial charge >= 0.3 is 12.1 Å². The molecule has 5 amide bonds. The summed E-state index contributed by atoms with van der Waals surface area (Å²) in [7, 11) is 1.62. The quantitative estimate of drug-likeness (QED) is 0.617. The first-order valence-corrected chi connectivity index (χ1v) is 9.66. The van der Waals surface area contributed by atoms with Gasteiger partial charge in [0.15, 0.2) is 0 Å². The zero-order valence-corrected chi connectivity index (χ0v) is 16.6. The van der Waals surface area contributed by atoms with E-state index in [1.165, 1.54) is 24.3 Å². The lowest BCUT2D eigenvalue weighted by atomic mass is 9.96. The number of halogens is 1. The highest BCUT2D eigenvalue weighted by Crippen LogP contribution is 2.19. The van der Waals surface area contributed by atoms with Crippen LogP contribution in [0.5, 0.6) is 0 Å². The molecule has 0 saturated carbocycles. The van der Waals surface area contributed by atoms with E-state index in [1.54, 1.807) is 36.2 Å². The average Bonchev–Trinajstić information content (AvgIpc) is 2.76. The third-order valence-corrected chi connectivity index (χ3v) is 4.90. The minimum Gasteiger partial charge on any atom is -0.359 e. The summed E-state index contributed by atoms with van der Waals surface area (Å²) in [6, 6.07) is 11.5. The number of likely N-dealkylation sites (tertiary alicyclic amines) is 1. The number of rotatable bonds is 4. The molecule has 1 fully saturated rings. The molecule has 0 spiro atoms. The fourth-order valence-corrected chi connectivity index (χ4v) is 3.21. The van der Waals surface area contributed by atoms with Gasteiger partial charge in [0, 0.05) is 43.1 Å². The van der Waals surface area contributed by atoms with Crippen LogP contribution >= 0.6 is 0 Å². The average molecular weight is 413 g/mol. The molecule has 0 bridgehead atoms. The van der Waals surface area contributed by atoms with Crippen molar-refractivity contribution >= 4 is 35.0 Å². The van der Waals surface area contributed by atoms with Gasteiger partial charge in [0.1, 0.15) is 5.82 Å². The maximum absolute atomic E-state index is 12.9. The van der Waals surface area contributed by atoms with Crippen molar-refractivity contribution in [2.75, 3.05) is 36.1 Å². The lowest BCUT2D eigenvalue weighted by Gasteiger charge is -2.31. The zero-order chi connectivity index (χ0) is 21.5. The summed E-state index contributed by atoms with van der Waals surface area (Å²) in [4.78, 5) is 37.8. The fraction of sp³-hybridized carbons (Fsp3) is 0.286. The Balaban J connectivity index is 1.47. The monoisotopic (exact) mass is 413 g/mol. The van der Waals surface area contributed by atoms with Crippen LogP contribution in [0.1, 0.15) is 12.8 Å². The summed E-state index contributed by atoms with van der Waals surface area (Å²) < 4.78 is 12.9. The van der Waals surface area contributed by atoms with Crippen molar-refractivity contribution in [3.05, 3.63) is 54.3 Å². The van der Waals surface area contributed by atoms with E-state index in [1.807, 2.05) is 0 Å². The number of anilines is 3. The molecule has 1 heterocycles. The summed E-state index contributed by atoms with van der Waals surface area (Å²) in [5.41, 5.74) is 1.61. The van der Waals surface area contributed by atoms with Crippen molar-refractivity contribution < 1.29 is 18.8 Å². The number of hydrogen-bond donors (Lipinski definition) is 4. The number of piperidine rings is 1. The molecule has 0 aromatic heterocycles. The number of carbonyl (C=O) groups is 3. The number of carbonyl (C=O) groups excluding carboxylic acids is 3. The highest BCUT2D eigenvalue weighted by Gasteiger charge is 2.26. The Hall–Kier alpha value is -3.62. The molecule has 158 valence electrons. The normalized spacial score (nSPS) is 14.0. The molecule has 30 heavy (non-hydrogen) atoms. The summed E-state index contributed by atoms with van der Waals surface area (Å²) in [6.45, 7) is 1.04. The van der Waals surface area contributed by atoms with Crippen LogP contribution < -0.4 is 21.3 Å². The molecule has 2 aromatic rings. The topological polar surface area (TPSA) is 103 Å². The van der Waals surface area contributed by atoms with Crippen molar-refractivity contribution in [2.24, 2.45) is 5.92 Å². The van der Waals surface area contributed by atoms with Gasteiger partial charge in [-0.3, -0.25) is 4.79 Å². The number of nitrogens with one attached hydrogen (secondary N) is 4. The van der Waals surface area contributed by atoms with Crippen molar-refractivity contribution in [3.63, 3.8) is 0 Å². The van der Waals surface area contributed by atoms with Crippen molar-refractivity contribution in [1.29, 1.82) is 0 Å². The van der Waals surface area contributed by atoms with Gasteiger partial charge in [-0.05, 0) is 61.4 Å². The van der Waals surface area contributed by atoms with E-state index in [2.05, 4.69) is 21.3 Å². The van der Waals surface area contributed by atoms with Gasteiger partial charge in [0.25, 0.3) is 0 Å². The second kappa shape index (κ2) is 9.73. The molecule has 1 aliphatic heterocycles. The molecule has 4 N–H and O–H groups in total. The first kappa shape index (κ1) is 21.1. The van der Waals surface area contributed by atoms with Gasteiger partial charge in [-0.2, -0.15) is 0 Å². The molecule has 3 rings (SSSR count). The number of amides is 5. The summed E-state index contributed by atoms with van der Waals surface area (Å²) in [5.74, 6) is -0.415. The molecule has 9 heteroatoms. The van der Waals surface area contributed by atoms with Crippen LogP contribution in [0.2, 0.25) is 0 Å². The molecule has 0 radical (unpaired) electrons. The van der Waals surface area contributed by atoms with Crippen LogP contribution in [-0.4, -0.2) is 43.0 Å². The standard InChI is InChI=1S/C21H24FN5O3/c1-23-19(28)14-10-12-27(13-11-14)21(30)26-18-8-6-17(7-9-18)25-20(29)24-16-4-2-15(22)3-5-16/h2-9,14H,10-13H2,1H3,(H,23,28)(H,26,30)(H2,24,25,29). The molecule has 1 aliphatic rings. The van der Waals surface area contributed by atoms with E-state index in [0.29, 0.717) is 43.0 Å². The van der Waals surface area contributed by atoms with Crippen LogP contribution in [0.3, 0.4) is 0 Å². The SMILES string of the molecule is CNC(=O)C1CCN(C(=O)Nc2ccc(NC(=O)Nc3ccc(F)cc3)cc2)CC1. The Labute approximate surface area is 173 Å². The lowest BCUT2D eigenvalue weighted by molar-refractivity contribution is -0.125. The van der Waals surface area contributed by atoms with Crippen molar-refractivity contribution in [2.45, 2.75) is 12.8 Å². The number of hydrogen-bond acceptors (Lipinski definition) is 3. The molecular formula is C21H24FN5O3. The van der Waals surface area contributed by atoms with E-state index >= 15 is 0 Å². The van der Waals surface area contributed by atoms with E-state index in [0.717, 1.165) is 0 Å². The second-order valence-corrected chi connectivity index (χ2v) is 6.97. The van der Waals surface area contributed by atoms with Crippen LogP contribution in [0.15, 0.2) is 48.5 Å². The van der Waals surface area contributed by atoms with Crippen molar-refractivity contribution in [1.82, 2.24) is 10.2 Å². The number of urea groups is 2. The molecular weight excluding hydrogens is 389 g/mol. The van der Waals surface area contributed by atoms with Crippen molar-refractivity contribution in [3.8, 4) is 0 Å². The summed E-state index contributed by atoms with van der Waals surface area (Å²) in [5, 5.41) is 10.7. The number of benzene rings is 2. The lowest BCUT2D eigenvalue weighted by Crippen LogP contribution is -2.44. The van der Waals surface area contributed by atoms with Crippen LogP contribution in [0, 0.1) is 11.7 Å². The highest BCUT2D eigenvalue weighted by atomic mass is 19.1. The summed E-state index contributed by atoms with van der Waals surface area (Å²) in [6.07, 6.45) is 1.28. The third kappa shape index (κ3) is 5.69. The zero-order valence-electron chi connectivity index (χ0n) is 16.6. The smallest absolute Gasteiger partial charge is 0.323 e. The maximum atomic E-state index is 12.9. The first-order valence-electron chi connectivity index (χ1n) is 9.66. The molecule has 2 aromatic carbocycles. The largest absolute Gasteiger partial charge is 0.359 e. The van der Waals surface area contributed by atoms with E-state index in [9.17, 15) is 18.8 Å². The Morgan fingerprint density at radius 1 is 0.833 bits per heavy atom. The summed E-state index contributed by atoms with van der Waals surface area (Å²) >= 11 is 0. The van der Waals surface area contributed by atoms with Gasteiger partial charge in [-0.1, -0.05) is 0 Å². The third-order valence-electron chi connectivity index (χ3n) is 4.90. The Bertz CT molecular complexity index is 894. The Morgan fingerprint density at radius 2 is 1.30 bits per heavy atom. The molecule has 1 saturated heterocycles. The van der Waals surface area contributed by atoms with Crippen LogP contribution in [0.4, 0.5) is 31.0 Å². The second-order valence-electron chi connectivity index (χ2n) is 6.97. The molecule has 0 aliphatic carbocycles. The predicted octanol–water partition coefficient (Wildman–Crippen LogP) is 3.46. The van der Waals surface area contributed by atoms with E-state index in [-0.39, 0.29) is 23.7 Å². The van der Waals surface area contributed by atoms with Gasteiger partial charge in [0.05, 0.1) is 0 Å². The Kier molecular flexibility index (Phi) is 6.84. The van der Waals surface area contributed by atoms with Crippen LogP contribution in [0.25, 0.3) is 0 Å². The molecule has 0 atom stereocenters.